The van der Waals surface area contributed by atoms with Crippen LogP contribution in [0.1, 0.15) is 40.7 Å². The van der Waals surface area contributed by atoms with Crippen molar-refractivity contribution in [2.24, 2.45) is 5.73 Å². The molecule has 2 amide bonds. The lowest BCUT2D eigenvalue weighted by Crippen LogP contribution is -2.44. The summed E-state index contributed by atoms with van der Waals surface area (Å²) < 4.78 is 0. The topological polar surface area (TPSA) is 75.4 Å². The number of nitrogens with zero attached hydrogens (tertiary/aromatic N) is 1. The Bertz CT molecular complexity index is 751. The molecule has 0 radical (unpaired) electrons. The summed E-state index contributed by atoms with van der Waals surface area (Å²) in [5.74, 6) is -0.260. The minimum atomic E-state index is -0.398. The molecule has 1 aliphatic rings. The maximum atomic E-state index is 12.2. The molecule has 5 heteroatoms. The van der Waals surface area contributed by atoms with Gasteiger partial charge in [-0.2, -0.15) is 0 Å². The first kappa shape index (κ1) is 19.1. The van der Waals surface area contributed by atoms with Gasteiger partial charge in [-0.25, -0.2) is 0 Å². The second-order valence-electron chi connectivity index (χ2n) is 7.16. The number of rotatable bonds is 7. The fraction of sp³-hybridized carbons (Fsp3) is 0.364. The van der Waals surface area contributed by atoms with Gasteiger partial charge >= 0.3 is 0 Å². The number of benzene rings is 2. The standard InChI is InChI=1S/C22H27N3O2/c23-22(27)19-9-6-18(7-10-19)16-25-14-12-20(13-15-25)24-21(26)11-8-17-4-2-1-3-5-17/h1-7,9-10,20H,8,11-16H2,(H2,23,27)(H,24,26). The van der Waals surface area contributed by atoms with Crippen LogP contribution in [-0.4, -0.2) is 35.8 Å². The maximum absolute atomic E-state index is 12.2. The Morgan fingerprint density at radius 2 is 1.63 bits per heavy atom. The highest BCUT2D eigenvalue weighted by Crippen LogP contribution is 2.15. The predicted molar refractivity (Wildman–Crippen MR) is 106 cm³/mol. The van der Waals surface area contributed by atoms with Crippen LogP contribution in [0.2, 0.25) is 0 Å². The molecule has 1 saturated heterocycles. The SMILES string of the molecule is NC(=O)c1ccc(CN2CCC(NC(=O)CCc3ccccc3)CC2)cc1. The molecule has 27 heavy (non-hydrogen) atoms. The number of piperidine rings is 1. The number of carbonyl (C=O) groups excluding carboxylic acids is 2. The summed E-state index contributed by atoms with van der Waals surface area (Å²) in [4.78, 5) is 25.7. The summed E-state index contributed by atoms with van der Waals surface area (Å²) in [6, 6.07) is 17.8. The molecule has 2 aromatic carbocycles. The first-order chi connectivity index (χ1) is 13.1. The third-order valence-corrected chi connectivity index (χ3v) is 5.08. The monoisotopic (exact) mass is 365 g/mol. The van der Waals surface area contributed by atoms with Gasteiger partial charge in [0, 0.05) is 37.7 Å². The predicted octanol–water partition coefficient (Wildman–Crippen LogP) is 2.50. The molecule has 0 saturated carbocycles. The van der Waals surface area contributed by atoms with Gasteiger partial charge in [-0.05, 0) is 42.5 Å². The summed E-state index contributed by atoms with van der Waals surface area (Å²) in [6.07, 6.45) is 3.26. The van der Waals surface area contributed by atoms with E-state index >= 15 is 0 Å². The van der Waals surface area contributed by atoms with E-state index in [4.69, 9.17) is 5.73 Å². The van der Waals surface area contributed by atoms with Crippen molar-refractivity contribution in [3.05, 3.63) is 71.3 Å². The van der Waals surface area contributed by atoms with E-state index in [1.165, 1.54) is 11.1 Å². The van der Waals surface area contributed by atoms with Crippen molar-refractivity contribution in [3.63, 3.8) is 0 Å². The number of nitrogens with two attached hydrogens (primary N) is 1. The van der Waals surface area contributed by atoms with Crippen LogP contribution in [0.4, 0.5) is 0 Å². The van der Waals surface area contributed by atoms with Crippen molar-refractivity contribution < 1.29 is 9.59 Å². The molecule has 0 aromatic heterocycles. The van der Waals surface area contributed by atoms with Gasteiger partial charge in [-0.3, -0.25) is 14.5 Å². The molecular weight excluding hydrogens is 338 g/mol. The molecule has 142 valence electrons. The van der Waals surface area contributed by atoms with Crippen LogP contribution in [0.15, 0.2) is 54.6 Å². The lowest BCUT2D eigenvalue weighted by atomic mass is 10.0. The highest BCUT2D eigenvalue weighted by molar-refractivity contribution is 5.92. The highest BCUT2D eigenvalue weighted by atomic mass is 16.2. The molecule has 0 atom stereocenters. The molecule has 0 spiro atoms. The summed E-state index contributed by atoms with van der Waals surface area (Å²) in [5, 5.41) is 3.18. The average Bonchev–Trinajstić information content (AvgIpc) is 2.69. The molecule has 1 fully saturated rings. The Morgan fingerprint density at radius 1 is 0.963 bits per heavy atom. The van der Waals surface area contributed by atoms with Crippen molar-refractivity contribution in [2.75, 3.05) is 13.1 Å². The Labute approximate surface area is 160 Å². The van der Waals surface area contributed by atoms with E-state index in [-0.39, 0.29) is 11.9 Å². The molecule has 1 heterocycles. The van der Waals surface area contributed by atoms with Gasteiger partial charge in [0.15, 0.2) is 0 Å². The first-order valence-corrected chi connectivity index (χ1v) is 9.54. The number of nitrogens with one attached hydrogen (secondary N) is 1. The van der Waals surface area contributed by atoms with Crippen molar-refractivity contribution >= 4 is 11.8 Å². The van der Waals surface area contributed by atoms with Gasteiger partial charge in [-0.15, -0.1) is 0 Å². The average molecular weight is 365 g/mol. The van der Waals surface area contributed by atoms with Crippen LogP contribution in [0, 0.1) is 0 Å². The van der Waals surface area contributed by atoms with Crippen molar-refractivity contribution in [1.29, 1.82) is 0 Å². The van der Waals surface area contributed by atoms with Gasteiger partial charge in [0.1, 0.15) is 0 Å². The third kappa shape index (κ3) is 5.93. The summed E-state index contributed by atoms with van der Waals surface area (Å²) in [7, 11) is 0. The summed E-state index contributed by atoms with van der Waals surface area (Å²) >= 11 is 0. The van der Waals surface area contributed by atoms with E-state index < -0.39 is 5.91 Å². The zero-order valence-electron chi connectivity index (χ0n) is 15.6. The molecule has 0 aliphatic carbocycles. The Balaban J connectivity index is 1.38. The van der Waals surface area contributed by atoms with Crippen LogP contribution >= 0.6 is 0 Å². The van der Waals surface area contributed by atoms with E-state index in [2.05, 4.69) is 22.3 Å². The number of likely N-dealkylation sites (tertiary alicyclic amines) is 1. The fourth-order valence-corrected chi connectivity index (χ4v) is 3.47. The number of hydrogen-bond acceptors (Lipinski definition) is 3. The molecular formula is C22H27N3O2. The van der Waals surface area contributed by atoms with Crippen LogP contribution in [-0.2, 0) is 17.8 Å². The van der Waals surface area contributed by atoms with E-state index in [0.29, 0.717) is 12.0 Å². The van der Waals surface area contributed by atoms with Gasteiger partial charge < -0.3 is 11.1 Å². The zero-order valence-corrected chi connectivity index (χ0v) is 15.6. The quantitative estimate of drug-likeness (QED) is 0.792. The first-order valence-electron chi connectivity index (χ1n) is 9.54. The summed E-state index contributed by atoms with van der Waals surface area (Å²) in [5.41, 5.74) is 8.18. The lowest BCUT2D eigenvalue weighted by Gasteiger charge is -2.32. The van der Waals surface area contributed by atoms with Gasteiger partial charge in [0.05, 0.1) is 0 Å². The molecule has 3 N–H and O–H groups in total. The number of carbonyl (C=O) groups is 2. The maximum Gasteiger partial charge on any atom is 0.248 e. The molecule has 5 nitrogen and oxygen atoms in total. The van der Waals surface area contributed by atoms with E-state index in [0.717, 1.165) is 38.9 Å². The Hall–Kier alpha value is -2.66. The summed E-state index contributed by atoms with van der Waals surface area (Å²) in [6.45, 7) is 2.77. The molecule has 1 aliphatic heterocycles. The van der Waals surface area contributed by atoms with Crippen molar-refractivity contribution in [1.82, 2.24) is 10.2 Å². The van der Waals surface area contributed by atoms with E-state index in [1.807, 2.05) is 30.3 Å². The normalized spacial score (nSPS) is 15.4. The minimum absolute atomic E-state index is 0.138. The molecule has 0 bridgehead atoms. The number of hydrogen-bond donors (Lipinski definition) is 2. The fourth-order valence-electron chi connectivity index (χ4n) is 3.47. The molecule has 2 aromatic rings. The van der Waals surface area contributed by atoms with Crippen LogP contribution in [0.5, 0.6) is 0 Å². The zero-order chi connectivity index (χ0) is 19.1. The Morgan fingerprint density at radius 3 is 2.26 bits per heavy atom. The minimum Gasteiger partial charge on any atom is -0.366 e. The second-order valence-corrected chi connectivity index (χ2v) is 7.16. The second kappa shape index (κ2) is 9.33. The van der Waals surface area contributed by atoms with Crippen LogP contribution in [0.25, 0.3) is 0 Å². The van der Waals surface area contributed by atoms with Crippen LogP contribution < -0.4 is 11.1 Å². The number of amides is 2. The van der Waals surface area contributed by atoms with Gasteiger partial charge in [-0.1, -0.05) is 42.5 Å². The van der Waals surface area contributed by atoms with Crippen LogP contribution in [0.3, 0.4) is 0 Å². The largest absolute Gasteiger partial charge is 0.366 e. The van der Waals surface area contributed by atoms with Gasteiger partial charge in [0.2, 0.25) is 11.8 Å². The number of primary amides is 1. The van der Waals surface area contributed by atoms with E-state index in [9.17, 15) is 9.59 Å². The lowest BCUT2D eigenvalue weighted by molar-refractivity contribution is -0.122. The molecule has 3 rings (SSSR count). The third-order valence-electron chi connectivity index (χ3n) is 5.08. The number of aryl methyl sites for hydroxylation is 1. The molecule has 0 unspecified atom stereocenters. The van der Waals surface area contributed by atoms with Crippen molar-refractivity contribution in [2.45, 2.75) is 38.3 Å². The van der Waals surface area contributed by atoms with E-state index in [1.54, 1.807) is 12.1 Å². The highest BCUT2D eigenvalue weighted by Gasteiger charge is 2.20. The smallest absolute Gasteiger partial charge is 0.248 e. The Kier molecular flexibility index (Phi) is 6.60. The van der Waals surface area contributed by atoms with Crippen molar-refractivity contribution in [3.8, 4) is 0 Å². The van der Waals surface area contributed by atoms with Gasteiger partial charge in [0.25, 0.3) is 0 Å².